The van der Waals surface area contributed by atoms with Gasteiger partial charge in [-0.05, 0) is 37.7 Å². The van der Waals surface area contributed by atoms with Gasteiger partial charge in [0.2, 0.25) is 0 Å². The maximum atomic E-state index is 9.87. The summed E-state index contributed by atoms with van der Waals surface area (Å²) >= 11 is 0. The Labute approximate surface area is 115 Å². The van der Waals surface area contributed by atoms with Gasteiger partial charge in [0.05, 0.1) is 17.7 Å². The molecule has 0 fully saturated rings. The Bertz CT molecular complexity index is 414. The van der Waals surface area contributed by atoms with Crippen molar-refractivity contribution in [2.24, 2.45) is 0 Å². The van der Waals surface area contributed by atoms with E-state index in [1.807, 2.05) is 25.2 Å². The molecule has 0 aliphatic carbocycles. The molecule has 1 aromatic rings. The fourth-order valence-electron chi connectivity index (χ4n) is 1.99. The van der Waals surface area contributed by atoms with E-state index in [4.69, 9.17) is 5.26 Å². The van der Waals surface area contributed by atoms with Crippen LogP contribution in [0.4, 0.5) is 0 Å². The van der Waals surface area contributed by atoms with Crippen LogP contribution in [0.1, 0.15) is 24.5 Å². The Balaban J connectivity index is 2.37. The minimum atomic E-state index is -0.365. The van der Waals surface area contributed by atoms with Crippen molar-refractivity contribution in [3.63, 3.8) is 0 Å². The van der Waals surface area contributed by atoms with Crippen LogP contribution in [0.2, 0.25) is 0 Å². The predicted molar refractivity (Wildman–Crippen MR) is 76.7 cm³/mol. The fraction of sp³-hybridized carbons (Fsp3) is 0.533. The Hall–Kier alpha value is -1.41. The summed E-state index contributed by atoms with van der Waals surface area (Å²) in [6.45, 7) is 5.02. The SMILES string of the molecule is CCCNCC(O)CN(C)Cc1cccc(C#N)c1. The molecule has 0 heterocycles. The van der Waals surface area contributed by atoms with Gasteiger partial charge >= 0.3 is 0 Å². The van der Waals surface area contributed by atoms with Gasteiger partial charge in [-0.3, -0.25) is 4.90 Å². The van der Waals surface area contributed by atoms with Crippen LogP contribution >= 0.6 is 0 Å². The van der Waals surface area contributed by atoms with Gasteiger partial charge in [-0.15, -0.1) is 0 Å². The van der Waals surface area contributed by atoms with Crippen molar-refractivity contribution in [1.29, 1.82) is 5.26 Å². The summed E-state index contributed by atoms with van der Waals surface area (Å²) in [5.41, 5.74) is 1.77. The van der Waals surface area contributed by atoms with Gasteiger partial charge in [-0.25, -0.2) is 0 Å². The number of aliphatic hydroxyl groups excluding tert-OH is 1. The van der Waals surface area contributed by atoms with E-state index < -0.39 is 0 Å². The van der Waals surface area contributed by atoms with Crippen molar-refractivity contribution < 1.29 is 5.11 Å². The molecule has 104 valence electrons. The van der Waals surface area contributed by atoms with E-state index in [-0.39, 0.29) is 6.10 Å². The zero-order chi connectivity index (χ0) is 14.1. The Morgan fingerprint density at radius 3 is 2.95 bits per heavy atom. The second-order valence-electron chi connectivity index (χ2n) is 4.87. The van der Waals surface area contributed by atoms with E-state index in [1.54, 1.807) is 6.07 Å². The van der Waals surface area contributed by atoms with Gasteiger partial charge in [0.1, 0.15) is 0 Å². The molecule has 0 aromatic heterocycles. The maximum absolute atomic E-state index is 9.87. The minimum absolute atomic E-state index is 0.365. The first-order valence-corrected chi connectivity index (χ1v) is 6.72. The molecule has 0 saturated heterocycles. The molecular weight excluding hydrogens is 238 g/mol. The Morgan fingerprint density at radius 2 is 2.26 bits per heavy atom. The van der Waals surface area contributed by atoms with E-state index in [0.717, 1.165) is 25.1 Å². The molecule has 1 unspecified atom stereocenters. The van der Waals surface area contributed by atoms with Crippen LogP contribution in [-0.2, 0) is 6.54 Å². The van der Waals surface area contributed by atoms with Gasteiger partial charge in [0.25, 0.3) is 0 Å². The predicted octanol–water partition coefficient (Wildman–Crippen LogP) is 1.35. The minimum Gasteiger partial charge on any atom is -0.390 e. The number of likely N-dealkylation sites (N-methyl/N-ethyl adjacent to an activating group) is 1. The summed E-state index contributed by atoms with van der Waals surface area (Å²) in [5.74, 6) is 0. The third kappa shape index (κ3) is 6.35. The number of hydrogen-bond acceptors (Lipinski definition) is 4. The lowest BCUT2D eigenvalue weighted by molar-refractivity contribution is 0.121. The lowest BCUT2D eigenvalue weighted by Crippen LogP contribution is -2.36. The molecule has 0 spiro atoms. The van der Waals surface area contributed by atoms with Crippen LogP contribution in [0.25, 0.3) is 0 Å². The number of aliphatic hydroxyl groups is 1. The van der Waals surface area contributed by atoms with Crippen molar-refractivity contribution in [3.05, 3.63) is 35.4 Å². The number of benzene rings is 1. The van der Waals surface area contributed by atoms with Gasteiger partial charge in [-0.2, -0.15) is 5.26 Å². The van der Waals surface area contributed by atoms with Gasteiger partial charge in [0, 0.05) is 19.6 Å². The summed E-state index contributed by atoms with van der Waals surface area (Å²) in [5, 5.41) is 21.9. The van der Waals surface area contributed by atoms with Crippen molar-refractivity contribution in [2.75, 3.05) is 26.7 Å². The molecule has 0 radical (unpaired) electrons. The fourth-order valence-corrected chi connectivity index (χ4v) is 1.99. The van der Waals surface area contributed by atoms with Crippen LogP contribution in [-0.4, -0.2) is 42.8 Å². The number of nitriles is 1. The molecule has 0 saturated carbocycles. The molecule has 0 bridgehead atoms. The average molecular weight is 261 g/mol. The summed E-state index contributed by atoms with van der Waals surface area (Å²) in [7, 11) is 1.97. The van der Waals surface area contributed by atoms with E-state index in [0.29, 0.717) is 18.7 Å². The van der Waals surface area contributed by atoms with Crippen molar-refractivity contribution >= 4 is 0 Å². The normalized spacial score (nSPS) is 12.4. The summed E-state index contributed by atoms with van der Waals surface area (Å²) in [6, 6.07) is 9.71. The van der Waals surface area contributed by atoms with E-state index >= 15 is 0 Å². The Morgan fingerprint density at radius 1 is 1.47 bits per heavy atom. The van der Waals surface area contributed by atoms with E-state index in [2.05, 4.69) is 23.2 Å². The molecule has 0 aliphatic rings. The molecule has 0 amide bonds. The van der Waals surface area contributed by atoms with Crippen LogP contribution in [0.3, 0.4) is 0 Å². The third-order valence-electron chi connectivity index (χ3n) is 2.84. The van der Waals surface area contributed by atoms with Crippen LogP contribution in [0.5, 0.6) is 0 Å². The first kappa shape index (κ1) is 15.6. The molecule has 1 atom stereocenters. The highest BCUT2D eigenvalue weighted by molar-refractivity contribution is 5.32. The average Bonchev–Trinajstić information content (AvgIpc) is 2.39. The molecular formula is C15H23N3O. The third-order valence-corrected chi connectivity index (χ3v) is 2.84. The number of hydrogen-bond donors (Lipinski definition) is 2. The van der Waals surface area contributed by atoms with E-state index in [1.165, 1.54) is 0 Å². The molecule has 1 rings (SSSR count). The molecule has 4 nitrogen and oxygen atoms in total. The lowest BCUT2D eigenvalue weighted by Gasteiger charge is -2.21. The topological polar surface area (TPSA) is 59.3 Å². The van der Waals surface area contributed by atoms with Crippen LogP contribution in [0.15, 0.2) is 24.3 Å². The zero-order valence-electron chi connectivity index (χ0n) is 11.8. The lowest BCUT2D eigenvalue weighted by atomic mass is 10.1. The van der Waals surface area contributed by atoms with Gasteiger partial charge in [0.15, 0.2) is 0 Å². The number of rotatable bonds is 8. The molecule has 0 aliphatic heterocycles. The van der Waals surface area contributed by atoms with Gasteiger partial charge in [-0.1, -0.05) is 19.1 Å². The smallest absolute Gasteiger partial charge is 0.0991 e. The first-order valence-electron chi connectivity index (χ1n) is 6.72. The molecule has 2 N–H and O–H groups in total. The summed E-state index contributed by atoms with van der Waals surface area (Å²) < 4.78 is 0. The number of nitrogens with one attached hydrogen (secondary N) is 1. The summed E-state index contributed by atoms with van der Waals surface area (Å²) in [6.07, 6.45) is 0.708. The quantitative estimate of drug-likeness (QED) is 0.694. The number of nitrogens with zero attached hydrogens (tertiary/aromatic N) is 2. The first-order chi connectivity index (χ1) is 9.15. The zero-order valence-corrected chi connectivity index (χ0v) is 11.8. The highest BCUT2D eigenvalue weighted by Crippen LogP contribution is 2.07. The molecule has 1 aromatic carbocycles. The van der Waals surface area contributed by atoms with Crippen molar-refractivity contribution in [2.45, 2.75) is 26.0 Å². The van der Waals surface area contributed by atoms with Crippen LogP contribution < -0.4 is 5.32 Å². The van der Waals surface area contributed by atoms with Crippen molar-refractivity contribution in [3.8, 4) is 6.07 Å². The largest absolute Gasteiger partial charge is 0.390 e. The van der Waals surface area contributed by atoms with Crippen molar-refractivity contribution in [1.82, 2.24) is 10.2 Å². The highest BCUT2D eigenvalue weighted by atomic mass is 16.3. The summed E-state index contributed by atoms with van der Waals surface area (Å²) in [4.78, 5) is 2.06. The standard InChI is InChI=1S/C15H23N3O/c1-3-7-17-10-15(19)12-18(2)11-14-6-4-5-13(8-14)9-16/h4-6,8,15,17,19H,3,7,10-12H2,1-2H3. The monoisotopic (exact) mass is 261 g/mol. The molecule has 19 heavy (non-hydrogen) atoms. The van der Waals surface area contributed by atoms with Gasteiger partial charge < -0.3 is 10.4 Å². The highest BCUT2D eigenvalue weighted by Gasteiger charge is 2.08. The second-order valence-corrected chi connectivity index (χ2v) is 4.87. The Kier molecular flexibility index (Phi) is 7.12. The maximum Gasteiger partial charge on any atom is 0.0991 e. The van der Waals surface area contributed by atoms with Crippen LogP contribution in [0, 0.1) is 11.3 Å². The second kappa shape index (κ2) is 8.65. The van der Waals surface area contributed by atoms with E-state index in [9.17, 15) is 5.11 Å². The molecule has 4 heteroatoms.